The molecule has 0 aliphatic carbocycles. The summed E-state index contributed by atoms with van der Waals surface area (Å²) in [5.74, 6) is -2.62. The van der Waals surface area contributed by atoms with Gasteiger partial charge in [-0.2, -0.15) is 0 Å². The predicted molar refractivity (Wildman–Crippen MR) is 79.6 cm³/mol. The molecule has 0 spiro atoms. The number of aromatic hydroxyl groups is 3. The fourth-order valence-corrected chi connectivity index (χ4v) is 2.47. The molecule has 3 rings (SSSR count). The molecule has 0 aromatic heterocycles. The minimum Gasteiger partial charge on any atom is -0.504 e. The molecule has 7 heteroatoms. The van der Waals surface area contributed by atoms with E-state index in [0.29, 0.717) is 5.56 Å². The third-order valence-electron chi connectivity index (χ3n) is 3.67. The number of hydrogen-bond donors (Lipinski definition) is 5. The number of aldehydes is 1. The van der Waals surface area contributed by atoms with Gasteiger partial charge in [-0.25, -0.2) is 0 Å². The Kier molecular flexibility index (Phi) is 3.15. The lowest BCUT2D eigenvalue weighted by molar-refractivity contribution is -0.122. The largest absolute Gasteiger partial charge is 0.504 e. The number of benzene rings is 2. The first-order valence-electron chi connectivity index (χ1n) is 6.60. The van der Waals surface area contributed by atoms with E-state index in [2.05, 4.69) is 0 Å². The Balaban J connectivity index is 2.31. The van der Waals surface area contributed by atoms with Crippen LogP contribution in [0, 0.1) is 0 Å². The maximum absolute atomic E-state index is 11.5. The maximum atomic E-state index is 11.5. The molecule has 0 radical (unpaired) electrons. The summed E-state index contributed by atoms with van der Waals surface area (Å²) in [6, 6.07) is 9.46. The Hall–Kier alpha value is -3.19. The summed E-state index contributed by atoms with van der Waals surface area (Å²) in [6.07, 6.45) is 0.128. The fourth-order valence-electron chi connectivity index (χ4n) is 2.47. The minimum absolute atomic E-state index is 0.0113. The lowest BCUT2D eigenvalue weighted by atomic mass is 9.86. The number of rotatable bonds is 2. The number of carbonyl (C=O) groups is 1. The third-order valence-corrected chi connectivity index (χ3v) is 3.67. The number of aliphatic hydroxyl groups is 1. The number of ether oxygens (including phenoxy) is 1. The van der Waals surface area contributed by atoms with Crippen LogP contribution in [0.25, 0.3) is 5.76 Å². The average molecular weight is 315 g/mol. The zero-order valence-electron chi connectivity index (χ0n) is 11.7. The van der Waals surface area contributed by atoms with E-state index in [9.17, 15) is 25.2 Å². The van der Waals surface area contributed by atoms with Gasteiger partial charge in [0.1, 0.15) is 5.75 Å². The second kappa shape index (κ2) is 4.92. The van der Waals surface area contributed by atoms with Gasteiger partial charge in [0.15, 0.2) is 29.1 Å². The average Bonchev–Trinajstić information content (AvgIpc) is 2.56. The Morgan fingerprint density at radius 2 is 1.74 bits per heavy atom. The van der Waals surface area contributed by atoms with Crippen LogP contribution in [0.4, 0.5) is 0 Å². The quantitative estimate of drug-likeness (QED) is 0.411. The van der Waals surface area contributed by atoms with E-state index in [1.807, 2.05) is 0 Å². The number of hydrogen-bond acceptors (Lipinski definition) is 7. The van der Waals surface area contributed by atoms with Crippen LogP contribution in [-0.2, 0) is 10.4 Å². The summed E-state index contributed by atoms with van der Waals surface area (Å²) in [4.78, 5) is 11.5. The van der Waals surface area contributed by atoms with Crippen molar-refractivity contribution in [1.82, 2.24) is 0 Å². The van der Waals surface area contributed by atoms with Crippen molar-refractivity contribution in [2.75, 3.05) is 0 Å². The van der Waals surface area contributed by atoms with E-state index >= 15 is 0 Å². The van der Waals surface area contributed by atoms with Gasteiger partial charge in [0.05, 0.1) is 11.3 Å². The highest BCUT2D eigenvalue weighted by Crippen LogP contribution is 2.52. The second-order valence-corrected chi connectivity index (χ2v) is 5.06. The molecule has 23 heavy (non-hydrogen) atoms. The van der Waals surface area contributed by atoms with Gasteiger partial charge in [0.2, 0.25) is 5.75 Å². The fraction of sp³-hybridized carbons (Fsp3) is 0.0625. The summed E-state index contributed by atoms with van der Waals surface area (Å²) < 4.78 is 5.55. The SMILES string of the molecule is NC1=C(c2ccccc2)Oc2cc(O)c(O)c(O)c2C1(O)C=O. The Bertz CT molecular complexity index is 830. The lowest BCUT2D eigenvalue weighted by Crippen LogP contribution is -2.39. The van der Waals surface area contributed by atoms with E-state index in [1.54, 1.807) is 30.3 Å². The molecule has 0 bridgehead atoms. The van der Waals surface area contributed by atoms with E-state index in [1.165, 1.54) is 0 Å². The first-order valence-corrected chi connectivity index (χ1v) is 6.60. The molecule has 1 atom stereocenters. The van der Waals surface area contributed by atoms with Crippen LogP contribution >= 0.6 is 0 Å². The first kappa shape index (κ1) is 14.7. The van der Waals surface area contributed by atoms with Gasteiger partial charge >= 0.3 is 0 Å². The predicted octanol–water partition coefficient (Wildman–Crippen LogP) is 0.910. The molecule has 0 saturated carbocycles. The molecule has 118 valence electrons. The van der Waals surface area contributed by atoms with Gasteiger partial charge in [0.25, 0.3) is 0 Å². The monoisotopic (exact) mass is 315 g/mol. The van der Waals surface area contributed by atoms with Crippen molar-refractivity contribution < 1.29 is 30.0 Å². The molecule has 1 heterocycles. The second-order valence-electron chi connectivity index (χ2n) is 5.06. The zero-order chi connectivity index (χ0) is 16.8. The van der Waals surface area contributed by atoms with E-state index in [4.69, 9.17) is 10.5 Å². The number of fused-ring (bicyclic) bond motifs is 1. The van der Waals surface area contributed by atoms with Crippen molar-refractivity contribution in [2.24, 2.45) is 5.73 Å². The zero-order valence-corrected chi connectivity index (χ0v) is 11.7. The van der Waals surface area contributed by atoms with E-state index < -0.39 is 28.4 Å². The van der Waals surface area contributed by atoms with Gasteiger partial charge in [-0.1, -0.05) is 30.3 Å². The van der Waals surface area contributed by atoms with E-state index in [0.717, 1.165) is 6.07 Å². The summed E-state index contributed by atoms with van der Waals surface area (Å²) in [7, 11) is 0. The van der Waals surface area contributed by atoms with E-state index in [-0.39, 0.29) is 23.5 Å². The summed E-state index contributed by atoms with van der Waals surface area (Å²) in [5.41, 5.74) is 3.20. The molecular weight excluding hydrogens is 302 g/mol. The molecular formula is C16H13NO6. The highest BCUT2D eigenvalue weighted by Gasteiger charge is 2.45. The topological polar surface area (TPSA) is 133 Å². The Labute approximate surface area is 130 Å². The van der Waals surface area contributed by atoms with Gasteiger partial charge in [0, 0.05) is 11.6 Å². The van der Waals surface area contributed by atoms with Crippen LogP contribution in [0.3, 0.4) is 0 Å². The molecule has 1 aliphatic heterocycles. The van der Waals surface area contributed by atoms with Gasteiger partial charge in [-0.3, -0.25) is 4.79 Å². The van der Waals surface area contributed by atoms with Gasteiger partial charge in [-0.05, 0) is 0 Å². The first-order chi connectivity index (χ1) is 10.9. The number of phenols is 3. The van der Waals surface area contributed by atoms with Crippen LogP contribution < -0.4 is 10.5 Å². The summed E-state index contributed by atoms with van der Waals surface area (Å²) in [6.45, 7) is 0. The molecule has 2 aromatic rings. The van der Waals surface area contributed by atoms with Crippen molar-refractivity contribution in [3.63, 3.8) is 0 Å². The molecule has 1 aliphatic rings. The molecule has 6 N–H and O–H groups in total. The molecule has 7 nitrogen and oxygen atoms in total. The van der Waals surface area contributed by atoms with Gasteiger partial charge in [-0.15, -0.1) is 0 Å². The van der Waals surface area contributed by atoms with Crippen molar-refractivity contribution in [1.29, 1.82) is 0 Å². The maximum Gasteiger partial charge on any atom is 0.200 e. The summed E-state index contributed by atoms with van der Waals surface area (Å²) in [5, 5.41) is 39.9. The number of carbonyl (C=O) groups excluding carboxylic acids is 1. The van der Waals surface area contributed by atoms with Crippen molar-refractivity contribution in [3.05, 3.63) is 53.2 Å². The highest BCUT2D eigenvalue weighted by atomic mass is 16.5. The molecule has 0 saturated heterocycles. The molecule has 2 aromatic carbocycles. The van der Waals surface area contributed by atoms with Crippen molar-refractivity contribution >= 4 is 12.0 Å². The van der Waals surface area contributed by atoms with Crippen LogP contribution in [-0.4, -0.2) is 26.7 Å². The Morgan fingerprint density at radius 1 is 1.09 bits per heavy atom. The molecule has 1 unspecified atom stereocenters. The number of phenolic OH excluding ortho intramolecular Hbond substituents is 3. The van der Waals surface area contributed by atoms with Gasteiger partial charge < -0.3 is 30.9 Å². The van der Waals surface area contributed by atoms with Crippen LogP contribution in [0.1, 0.15) is 11.1 Å². The third kappa shape index (κ3) is 1.98. The summed E-state index contributed by atoms with van der Waals surface area (Å²) >= 11 is 0. The lowest BCUT2D eigenvalue weighted by Gasteiger charge is -2.32. The standard InChI is InChI=1S/C16H13NO6/c17-15-14(8-4-2-1-3-5-8)23-10-6-9(19)12(20)13(21)11(10)16(15,22)7-18/h1-7,19-22H,17H2. The van der Waals surface area contributed by atoms with Crippen molar-refractivity contribution in [3.8, 4) is 23.0 Å². The number of nitrogens with two attached hydrogens (primary N) is 1. The molecule has 0 amide bonds. The normalized spacial score (nSPS) is 19.9. The van der Waals surface area contributed by atoms with Crippen LogP contribution in [0.2, 0.25) is 0 Å². The van der Waals surface area contributed by atoms with Crippen molar-refractivity contribution in [2.45, 2.75) is 5.60 Å². The highest BCUT2D eigenvalue weighted by molar-refractivity contribution is 5.85. The Morgan fingerprint density at radius 3 is 2.35 bits per heavy atom. The van der Waals surface area contributed by atoms with Crippen LogP contribution in [0.15, 0.2) is 42.1 Å². The van der Waals surface area contributed by atoms with Crippen LogP contribution in [0.5, 0.6) is 23.0 Å². The minimum atomic E-state index is -2.41. The molecule has 0 fully saturated rings. The smallest absolute Gasteiger partial charge is 0.200 e.